The SMILES string of the molecule is NC1CC2CCC(C1)N2C(=O)c1ccc[nH]c1=O. The van der Waals surface area contributed by atoms with Crippen LogP contribution < -0.4 is 11.3 Å². The van der Waals surface area contributed by atoms with Crippen LogP contribution in [0.2, 0.25) is 0 Å². The third-order valence-corrected chi connectivity index (χ3v) is 4.05. The van der Waals surface area contributed by atoms with Crippen molar-refractivity contribution in [3.63, 3.8) is 0 Å². The molecular weight excluding hydrogens is 230 g/mol. The number of hydrogen-bond donors (Lipinski definition) is 2. The summed E-state index contributed by atoms with van der Waals surface area (Å²) in [6, 6.07) is 3.90. The monoisotopic (exact) mass is 247 g/mol. The summed E-state index contributed by atoms with van der Waals surface area (Å²) in [5, 5.41) is 0. The quantitative estimate of drug-likeness (QED) is 0.757. The average Bonchev–Trinajstić information content (AvgIpc) is 2.61. The molecule has 3 rings (SSSR count). The molecule has 0 aromatic carbocycles. The number of hydrogen-bond acceptors (Lipinski definition) is 3. The van der Waals surface area contributed by atoms with Gasteiger partial charge in [-0.25, -0.2) is 0 Å². The third-order valence-electron chi connectivity index (χ3n) is 4.05. The second-order valence-corrected chi connectivity index (χ2v) is 5.24. The molecule has 1 amide bonds. The van der Waals surface area contributed by atoms with Crippen molar-refractivity contribution < 1.29 is 4.79 Å². The lowest BCUT2D eigenvalue weighted by Gasteiger charge is -2.37. The zero-order valence-corrected chi connectivity index (χ0v) is 10.1. The van der Waals surface area contributed by atoms with E-state index in [-0.39, 0.29) is 35.2 Å². The van der Waals surface area contributed by atoms with Gasteiger partial charge in [0.05, 0.1) is 0 Å². The second-order valence-electron chi connectivity index (χ2n) is 5.24. The first-order chi connectivity index (χ1) is 8.66. The first-order valence-electron chi connectivity index (χ1n) is 6.43. The fourth-order valence-electron chi connectivity index (χ4n) is 3.28. The zero-order valence-electron chi connectivity index (χ0n) is 10.1. The molecule has 0 radical (unpaired) electrons. The second kappa shape index (κ2) is 4.24. The molecule has 2 atom stereocenters. The molecule has 2 aliphatic heterocycles. The van der Waals surface area contributed by atoms with Crippen LogP contribution in [0.5, 0.6) is 0 Å². The van der Waals surface area contributed by atoms with Crippen molar-refractivity contribution in [3.8, 4) is 0 Å². The number of H-pyrrole nitrogens is 1. The summed E-state index contributed by atoms with van der Waals surface area (Å²) in [5.41, 5.74) is 5.91. The molecule has 0 aliphatic carbocycles. The summed E-state index contributed by atoms with van der Waals surface area (Å²) in [5.74, 6) is -0.142. The number of pyridine rings is 1. The van der Waals surface area contributed by atoms with Gasteiger partial charge in [-0.2, -0.15) is 0 Å². The normalized spacial score (nSPS) is 30.5. The highest BCUT2D eigenvalue weighted by atomic mass is 16.2. The molecule has 2 unspecified atom stereocenters. The summed E-state index contributed by atoms with van der Waals surface area (Å²) in [4.78, 5) is 28.6. The highest BCUT2D eigenvalue weighted by Crippen LogP contribution is 2.35. The lowest BCUT2D eigenvalue weighted by Crippen LogP contribution is -2.51. The molecule has 3 heterocycles. The van der Waals surface area contributed by atoms with E-state index in [0.29, 0.717) is 0 Å². The molecule has 2 aliphatic rings. The molecule has 5 heteroatoms. The first kappa shape index (κ1) is 11.5. The van der Waals surface area contributed by atoms with Gasteiger partial charge in [0, 0.05) is 24.3 Å². The Morgan fingerprint density at radius 3 is 2.61 bits per heavy atom. The molecule has 3 N–H and O–H groups in total. The van der Waals surface area contributed by atoms with Gasteiger partial charge in [-0.3, -0.25) is 9.59 Å². The Kier molecular flexibility index (Phi) is 2.70. The minimum atomic E-state index is -0.309. The molecule has 0 spiro atoms. The number of aromatic amines is 1. The predicted octanol–water partition coefficient (Wildman–Crippen LogP) is 0.469. The van der Waals surface area contributed by atoms with E-state index >= 15 is 0 Å². The zero-order chi connectivity index (χ0) is 12.7. The minimum absolute atomic E-state index is 0.142. The van der Waals surface area contributed by atoms with Crippen LogP contribution in [0, 0.1) is 0 Å². The Balaban J connectivity index is 1.90. The minimum Gasteiger partial charge on any atom is -0.332 e. The van der Waals surface area contributed by atoms with Crippen LogP contribution in [-0.4, -0.2) is 33.9 Å². The third kappa shape index (κ3) is 1.75. The van der Waals surface area contributed by atoms with Crippen molar-refractivity contribution in [3.05, 3.63) is 34.2 Å². The van der Waals surface area contributed by atoms with Crippen LogP contribution in [0.1, 0.15) is 36.0 Å². The van der Waals surface area contributed by atoms with Crippen molar-refractivity contribution in [2.45, 2.75) is 43.8 Å². The molecule has 2 fully saturated rings. The van der Waals surface area contributed by atoms with Crippen LogP contribution in [0.25, 0.3) is 0 Å². The van der Waals surface area contributed by atoms with Crippen molar-refractivity contribution in [2.24, 2.45) is 5.73 Å². The number of nitrogens with zero attached hydrogens (tertiary/aromatic N) is 1. The number of carbonyl (C=O) groups is 1. The smallest absolute Gasteiger partial charge is 0.260 e. The lowest BCUT2D eigenvalue weighted by atomic mass is 9.97. The van der Waals surface area contributed by atoms with Gasteiger partial charge in [-0.05, 0) is 37.8 Å². The van der Waals surface area contributed by atoms with E-state index in [1.807, 2.05) is 4.90 Å². The number of amides is 1. The molecule has 1 aromatic heterocycles. The van der Waals surface area contributed by atoms with E-state index in [4.69, 9.17) is 5.73 Å². The van der Waals surface area contributed by atoms with Crippen LogP contribution in [-0.2, 0) is 0 Å². The molecule has 18 heavy (non-hydrogen) atoms. The molecule has 2 bridgehead atoms. The van der Waals surface area contributed by atoms with Crippen molar-refractivity contribution in [1.82, 2.24) is 9.88 Å². The Labute approximate surface area is 105 Å². The molecule has 5 nitrogen and oxygen atoms in total. The maximum Gasteiger partial charge on any atom is 0.260 e. The Morgan fingerprint density at radius 1 is 1.33 bits per heavy atom. The van der Waals surface area contributed by atoms with Crippen LogP contribution in [0.3, 0.4) is 0 Å². The number of piperidine rings is 1. The highest BCUT2D eigenvalue weighted by Gasteiger charge is 2.42. The van der Waals surface area contributed by atoms with Crippen LogP contribution in [0.4, 0.5) is 0 Å². The topological polar surface area (TPSA) is 79.2 Å². The first-order valence-corrected chi connectivity index (χ1v) is 6.43. The average molecular weight is 247 g/mol. The van der Waals surface area contributed by atoms with E-state index in [1.165, 1.54) is 0 Å². The van der Waals surface area contributed by atoms with Gasteiger partial charge >= 0.3 is 0 Å². The standard InChI is InChI=1S/C13H17N3O2/c14-8-6-9-3-4-10(7-8)16(9)13(18)11-2-1-5-15-12(11)17/h1-2,5,8-10H,3-4,6-7,14H2,(H,15,17). The number of nitrogens with two attached hydrogens (primary N) is 1. The number of fused-ring (bicyclic) bond motifs is 2. The summed E-state index contributed by atoms with van der Waals surface area (Å²) in [6.45, 7) is 0. The number of nitrogens with one attached hydrogen (secondary N) is 1. The Morgan fingerprint density at radius 2 is 2.00 bits per heavy atom. The lowest BCUT2D eigenvalue weighted by molar-refractivity contribution is 0.0573. The fourth-order valence-corrected chi connectivity index (χ4v) is 3.28. The summed E-state index contributed by atoms with van der Waals surface area (Å²) in [6.07, 6.45) is 5.27. The summed E-state index contributed by atoms with van der Waals surface area (Å²) >= 11 is 0. The molecule has 2 saturated heterocycles. The predicted molar refractivity (Wildman–Crippen MR) is 67.3 cm³/mol. The molecule has 0 saturated carbocycles. The maximum absolute atomic E-state index is 12.5. The van der Waals surface area contributed by atoms with Gasteiger partial charge in [0.2, 0.25) is 0 Å². The van der Waals surface area contributed by atoms with Gasteiger partial charge in [0.25, 0.3) is 11.5 Å². The van der Waals surface area contributed by atoms with Crippen molar-refractivity contribution in [2.75, 3.05) is 0 Å². The number of rotatable bonds is 1. The van der Waals surface area contributed by atoms with Crippen LogP contribution >= 0.6 is 0 Å². The summed E-state index contributed by atoms with van der Waals surface area (Å²) in [7, 11) is 0. The van der Waals surface area contributed by atoms with Gasteiger partial charge in [0.15, 0.2) is 0 Å². The molecule has 96 valence electrons. The Hall–Kier alpha value is -1.62. The van der Waals surface area contributed by atoms with Crippen molar-refractivity contribution in [1.29, 1.82) is 0 Å². The number of carbonyl (C=O) groups excluding carboxylic acids is 1. The van der Waals surface area contributed by atoms with Crippen molar-refractivity contribution >= 4 is 5.91 Å². The van der Waals surface area contributed by atoms with E-state index in [1.54, 1.807) is 18.3 Å². The highest BCUT2D eigenvalue weighted by molar-refractivity contribution is 5.94. The van der Waals surface area contributed by atoms with Gasteiger partial charge < -0.3 is 15.6 Å². The van der Waals surface area contributed by atoms with E-state index in [9.17, 15) is 9.59 Å². The summed E-state index contributed by atoms with van der Waals surface area (Å²) < 4.78 is 0. The van der Waals surface area contributed by atoms with E-state index < -0.39 is 0 Å². The van der Waals surface area contributed by atoms with Crippen LogP contribution in [0.15, 0.2) is 23.1 Å². The van der Waals surface area contributed by atoms with Gasteiger partial charge in [-0.1, -0.05) is 0 Å². The molecule has 1 aromatic rings. The fraction of sp³-hybridized carbons (Fsp3) is 0.538. The molecular formula is C13H17N3O2. The Bertz CT molecular complexity index is 511. The van der Waals surface area contributed by atoms with Gasteiger partial charge in [0.1, 0.15) is 5.56 Å². The number of aromatic nitrogens is 1. The van der Waals surface area contributed by atoms with E-state index in [0.717, 1.165) is 25.7 Å². The van der Waals surface area contributed by atoms with E-state index in [2.05, 4.69) is 4.98 Å². The maximum atomic E-state index is 12.5. The largest absolute Gasteiger partial charge is 0.332 e. The van der Waals surface area contributed by atoms with Gasteiger partial charge in [-0.15, -0.1) is 0 Å².